The molecule has 0 spiro atoms. The molecule has 1 aliphatic rings. The van der Waals surface area contributed by atoms with Crippen LogP contribution in [0.1, 0.15) is 0 Å². The van der Waals surface area contributed by atoms with Crippen LogP contribution < -0.4 is 8.46 Å². The van der Waals surface area contributed by atoms with Gasteiger partial charge in [0.15, 0.2) is 0 Å². The Morgan fingerprint density at radius 2 is 1.11 bits per heavy atom. The lowest BCUT2D eigenvalue weighted by atomic mass is 10.3. The average molecular weight is 349 g/mol. The first-order valence-corrected chi connectivity index (χ1v) is 17.4. The van der Waals surface area contributed by atoms with Crippen LogP contribution in [0.4, 0.5) is 11.4 Å². The molecule has 0 saturated carbocycles. The highest BCUT2D eigenvalue weighted by molar-refractivity contribution is 7.53. The summed E-state index contributed by atoms with van der Waals surface area (Å²) in [5.41, 5.74) is 2.47. The largest absolute Gasteiger partial charge is 0.453 e. The van der Waals surface area contributed by atoms with E-state index in [1.165, 1.54) is 11.4 Å². The van der Waals surface area contributed by atoms with Gasteiger partial charge in [0.2, 0.25) is 0 Å². The molecule has 106 valence electrons. The van der Waals surface area contributed by atoms with Gasteiger partial charge in [-0.15, -0.1) is 0 Å². The standard InChI is InChI=1S/C12H22Cl2N2Si3/c1-17(2,3)15-11-9-7-8-10-12(11)16(18(4,5)6)19(15,13)14/h7-10H,1-6H3. The molecule has 1 heterocycles. The number of anilines is 2. The molecule has 0 aliphatic carbocycles. The third kappa shape index (κ3) is 2.51. The quantitative estimate of drug-likeness (QED) is 0.554. The summed E-state index contributed by atoms with van der Waals surface area (Å²) in [4.78, 5) is 0. The van der Waals surface area contributed by atoms with Crippen LogP contribution in [0.5, 0.6) is 0 Å². The number of rotatable bonds is 2. The molecule has 2 nitrogen and oxygen atoms in total. The van der Waals surface area contributed by atoms with Gasteiger partial charge in [-0.1, -0.05) is 73.6 Å². The van der Waals surface area contributed by atoms with E-state index < -0.39 is 23.5 Å². The third-order valence-corrected chi connectivity index (χ3v) is 17.7. The smallest absolute Gasteiger partial charge is 0.384 e. The lowest BCUT2D eigenvalue weighted by Gasteiger charge is -2.44. The van der Waals surface area contributed by atoms with Gasteiger partial charge in [-0.2, -0.15) is 0 Å². The van der Waals surface area contributed by atoms with Crippen LogP contribution in [0.2, 0.25) is 39.3 Å². The second-order valence-corrected chi connectivity index (χ2v) is 23.1. The summed E-state index contributed by atoms with van der Waals surface area (Å²) in [7, 11) is -5.88. The Balaban J connectivity index is 2.68. The van der Waals surface area contributed by atoms with Crippen molar-refractivity contribution >= 4 is 57.0 Å². The Kier molecular flexibility index (Phi) is 3.68. The summed E-state index contributed by atoms with van der Waals surface area (Å²) >= 11 is 13.9. The molecular weight excluding hydrogens is 327 g/mol. The van der Waals surface area contributed by atoms with Crippen LogP contribution in [-0.4, -0.2) is 23.5 Å². The van der Waals surface area contributed by atoms with Crippen molar-refractivity contribution in [1.29, 1.82) is 0 Å². The van der Waals surface area contributed by atoms with Crippen molar-refractivity contribution in [3.8, 4) is 0 Å². The zero-order chi connectivity index (χ0) is 14.6. The predicted octanol–water partition coefficient (Wildman–Crippen LogP) is 4.90. The molecule has 0 amide bonds. The van der Waals surface area contributed by atoms with Crippen LogP contribution in [0.3, 0.4) is 0 Å². The Bertz CT molecular complexity index is 451. The minimum absolute atomic E-state index is 1.24. The normalized spacial score (nSPS) is 18.7. The van der Waals surface area contributed by atoms with Gasteiger partial charge in [-0.25, -0.2) is 0 Å². The van der Waals surface area contributed by atoms with Crippen molar-refractivity contribution in [3.63, 3.8) is 0 Å². The Morgan fingerprint density at radius 3 is 1.37 bits per heavy atom. The van der Waals surface area contributed by atoms with Crippen LogP contribution in [-0.2, 0) is 0 Å². The first-order chi connectivity index (χ1) is 8.47. The molecule has 0 fully saturated rings. The maximum atomic E-state index is 6.96. The van der Waals surface area contributed by atoms with E-state index in [1.807, 2.05) is 0 Å². The molecule has 1 aliphatic heterocycles. The highest BCUT2D eigenvalue weighted by atomic mass is 35.7. The minimum atomic E-state index is -2.64. The third-order valence-electron chi connectivity index (χ3n) is 3.24. The molecule has 1 aromatic rings. The van der Waals surface area contributed by atoms with E-state index in [9.17, 15) is 0 Å². The maximum absolute atomic E-state index is 6.96. The van der Waals surface area contributed by atoms with Crippen LogP contribution in [0, 0.1) is 0 Å². The van der Waals surface area contributed by atoms with Crippen LogP contribution >= 0.6 is 22.2 Å². The van der Waals surface area contributed by atoms with E-state index >= 15 is 0 Å². The van der Waals surface area contributed by atoms with Crippen molar-refractivity contribution in [2.45, 2.75) is 39.3 Å². The van der Waals surface area contributed by atoms with Gasteiger partial charge in [0.25, 0.3) is 0 Å². The minimum Gasteiger partial charge on any atom is -0.384 e. The Morgan fingerprint density at radius 1 is 0.789 bits per heavy atom. The molecule has 0 saturated heterocycles. The molecule has 2 rings (SSSR count). The number of nitrogens with zero attached hydrogens (tertiary/aromatic N) is 2. The van der Waals surface area contributed by atoms with E-state index in [0.29, 0.717) is 0 Å². The van der Waals surface area contributed by atoms with Gasteiger partial charge < -0.3 is 8.46 Å². The number of fused-ring (bicyclic) bond motifs is 1. The molecule has 0 radical (unpaired) electrons. The first-order valence-electron chi connectivity index (χ1n) is 6.55. The lowest BCUT2D eigenvalue weighted by Crippen LogP contribution is -2.68. The van der Waals surface area contributed by atoms with Crippen molar-refractivity contribution < 1.29 is 0 Å². The van der Waals surface area contributed by atoms with Crippen molar-refractivity contribution in [2.75, 3.05) is 8.46 Å². The second kappa shape index (κ2) is 4.53. The van der Waals surface area contributed by atoms with Crippen LogP contribution in [0.25, 0.3) is 0 Å². The van der Waals surface area contributed by atoms with E-state index in [0.717, 1.165) is 0 Å². The van der Waals surface area contributed by atoms with E-state index in [4.69, 9.17) is 22.2 Å². The fourth-order valence-corrected chi connectivity index (χ4v) is 23.3. The number of benzene rings is 1. The maximum Gasteiger partial charge on any atom is 0.453 e. The highest BCUT2D eigenvalue weighted by Gasteiger charge is 2.58. The molecule has 0 N–H and O–H groups in total. The number of halogens is 2. The van der Waals surface area contributed by atoms with Gasteiger partial charge in [-0.3, -0.25) is 0 Å². The highest BCUT2D eigenvalue weighted by Crippen LogP contribution is 2.50. The number of hydrogen-bond donors (Lipinski definition) is 0. The number of hydrogen-bond acceptors (Lipinski definition) is 2. The van der Waals surface area contributed by atoms with Gasteiger partial charge in [0.1, 0.15) is 16.5 Å². The van der Waals surface area contributed by atoms with Crippen LogP contribution in [0.15, 0.2) is 24.3 Å². The van der Waals surface area contributed by atoms with E-state index in [1.54, 1.807) is 0 Å². The summed E-state index contributed by atoms with van der Waals surface area (Å²) in [5.74, 6) is 0. The van der Waals surface area contributed by atoms with Gasteiger partial charge in [-0.05, 0) is 12.1 Å². The Hall–Kier alpha value is 0.0506. The fraction of sp³-hybridized carbons (Fsp3) is 0.500. The van der Waals surface area contributed by atoms with E-state index in [2.05, 4.69) is 72.0 Å². The first kappa shape index (κ1) is 15.4. The lowest BCUT2D eigenvalue weighted by molar-refractivity contribution is 1.45. The monoisotopic (exact) mass is 348 g/mol. The average Bonchev–Trinajstić information content (AvgIpc) is 2.40. The molecule has 0 bridgehead atoms. The molecule has 19 heavy (non-hydrogen) atoms. The van der Waals surface area contributed by atoms with Crippen molar-refractivity contribution in [1.82, 2.24) is 0 Å². The van der Waals surface area contributed by atoms with Crippen molar-refractivity contribution in [2.24, 2.45) is 0 Å². The Labute approximate surface area is 129 Å². The zero-order valence-corrected chi connectivity index (χ0v) is 17.0. The summed E-state index contributed by atoms with van der Waals surface area (Å²) in [6.45, 7) is 13.9. The summed E-state index contributed by atoms with van der Waals surface area (Å²) < 4.78 is 4.77. The molecular formula is C12H22Cl2N2Si3. The number of para-hydroxylation sites is 2. The summed E-state index contributed by atoms with van der Waals surface area (Å²) in [5, 5.41) is 0. The SMILES string of the molecule is C[Si](C)(C)N1c2ccccc2N([Si](C)(C)C)[Si]1(Cl)Cl. The molecule has 0 unspecified atom stereocenters. The van der Waals surface area contributed by atoms with Gasteiger partial charge >= 0.3 is 7.02 Å². The van der Waals surface area contributed by atoms with E-state index in [-0.39, 0.29) is 0 Å². The molecule has 7 heteroatoms. The molecule has 1 aromatic carbocycles. The topological polar surface area (TPSA) is 6.48 Å². The molecule has 0 aromatic heterocycles. The van der Waals surface area contributed by atoms with Gasteiger partial charge in [0.05, 0.1) is 0 Å². The summed E-state index contributed by atoms with van der Waals surface area (Å²) in [6.07, 6.45) is 0. The van der Waals surface area contributed by atoms with Gasteiger partial charge in [0, 0.05) is 11.4 Å². The zero-order valence-electron chi connectivity index (χ0n) is 12.5. The second-order valence-electron chi connectivity index (χ2n) is 7.01. The fourth-order valence-electron chi connectivity index (χ4n) is 2.76. The van der Waals surface area contributed by atoms with Crippen molar-refractivity contribution in [3.05, 3.63) is 24.3 Å². The molecule has 0 atom stereocenters. The summed E-state index contributed by atoms with van der Waals surface area (Å²) in [6, 6.07) is 8.50. The predicted molar refractivity (Wildman–Crippen MR) is 95.6 cm³/mol.